The highest BCUT2D eigenvalue weighted by Gasteiger charge is 2.04. The molecule has 0 bridgehead atoms. The van der Waals surface area contributed by atoms with Crippen molar-refractivity contribution in [1.29, 1.82) is 0 Å². The van der Waals surface area contributed by atoms with Gasteiger partial charge in [-0.15, -0.1) is 12.3 Å². The Hall–Kier alpha value is -2.02. The van der Waals surface area contributed by atoms with Crippen molar-refractivity contribution in [2.75, 3.05) is 11.9 Å². The van der Waals surface area contributed by atoms with Gasteiger partial charge in [-0.25, -0.2) is 0 Å². The lowest BCUT2D eigenvalue weighted by molar-refractivity contribution is -0.384. The summed E-state index contributed by atoms with van der Waals surface area (Å²) in [6.07, 6.45) is 6.68. The van der Waals surface area contributed by atoms with Crippen molar-refractivity contribution < 1.29 is 4.92 Å². The molecule has 0 amide bonds. The van der Waals surface area contributed by atoms with Gasteiger partial charge in [0.1, 0.15) is 0 Å². The fraction of sp³-hybridized carbons (Fsp3) is 0.273. The fourth-order valence-corrected chi connectivity index (χ4v) is 1.15. The van der Waals surface area contributed by atoms with Crippen LogP contribution < -0.4 is 5.32 Å². The molecule has 0 aromatic heterocycles. The predicted molar refractivity (Wildman–Crippen MR) is 59.7 cm³/mol. The van der Waals surface area contributed by atoms with Gasteiger partial charge in [-0.05, 0) is 12.5 Å². The molecule has 0 aliphatic rings. The van der Waals surface area contributed by atoms with E-state index in [1.165, 1.54) is 12.1 Å². The van der Waals surface area contributed by atoms with Gasteiger partial charge in [-0.1, -0.05) is 6.07 Å². The van der Waals surface area contributed by atoms with Gasteiger partial charge in [0.25, 0.3) is 5.69 Å². The Morgan fingerprint density at radius 1 is 1.53 bits per heavy atom. The number of nitro benzene ring substituents is 1. The molecule has 1 aromatic carbocycles. The molecule has 4 heteroatoms. The van der Waals surface area contributed by atoms with Crippen molar-refractivity contribution >= 4 is 11.4 Å². The minimum absolute atomic E-state index is 0.0944. The van der Waals surface area contributed by atoms with Crippen LogP contribution in [0.1, 0.15) is 12.8 Å². The van der Waals surface area contributed by atoms with Crippen LogP contribution in [-0.2, 0) is 0 Å². The molecule has 1 rings (SSSR count). The van der Waals surface area contributed by atoms with Gasteiger partial charge in [-0.2, -0.15) is 0 Å². The minimum atomic E-state index is -0.410. The maximum atomic E-state index is 10.5. The Bertz CT molecular complexity index is 382. The Balaban J connectivity index is 2.51. The second-order valence-electron chi connectivity index (χ2n) is 3.04. The van der Waals surface area contributed by atoms with Crippen LogP contribution in [0.4, 0.5) is 11.4 Å². The van der Waals surface area contributed by atoms with Gasteiger partial charge in [0.05, 0.1) is 4.92 Å². The lowest BCUT2D eigenvalue weighted by Crippen LogP contribution is -2.01. The Morgan fingerprint density at radius 3 is 3.00 bits per heavy atom. The fourth-order valence-electron chi connectivity index (χ4n) is 1.15. The van der Waals surface area contributed by atoms with Crippen molar-refractivity contribution in [2.24, 2.45) is 0 Å². The highest BCUT2D eigenvalue weighted by molar-refractivity contribution is 5.50. The molecule has 0 radical (unpaired) electrons. The number of nitrogens with one attached hydrogen (secondary N) is 1. The molecule has 0 saturated carbocycles. The Morgan fingerprint density at radius 2 is 2.33 bits per heavy atom. The molecular formula is C11H12N2O2. The van der Waals surface area contributed by atoms with Gasteiger partial charge in [0.15, 0.2) is 0 Å². The summed E-state index contributed by atoms with van der Waals surface area (Å²) in [4.78, 5) is 10.1. The van der Waals surface area contributed by atoms with E-state index in [4.69, 9.17) is 6.42 Å². The van der Waals surface area contributed by atoms with Gasteiger partial charge in [0, 0.05) is 30.8 Å². The van der Waals surface area contributed by atoms with Crippen molar-refractivity contribution in [3.63, 3.8) is 0 Å². The highest BCUT2D eigenvalue weighted by atomic mass is 16.6. The molecule has 15 heavy (non-hydrogen) atoms. The zero-order chi connectivity index (χ0) is 11.1. The van der Waals surface area contributed by atoms with Gasteiger partial charge in [0.2, 0.25) is 0 Å². The van der Waals surface area contributed by atoms with Crippen molar-refractivity contribution in [3.05, 3.63) is 34.4 Å². The number of non-ortho nitro benzene ring substituents is 1. The number of rotatable bonds is 5. The number of nitrogens with zero attached hydrogens (tertiary/aromatic N) is 1. The zero-order valence-electron chi connectivity index (χ0n) is 8.27. The Kier molecular flexibility index (Phi) is 4.17. The van der Waals surface area contributed by atoms with Crippen molar-refractivity contribution in [2.45, 2.75) is 12.8 Å². The lowest BCUT2D eigenvalue weighted by Gasteiger charge is -2.04. The average molecular weight is 204 g/mol. The highest BCUT2D eigenvalue weighted by Crippen LogP contribution is 2.16. The van der Waals surface area contributed by atoms with E-state index in [1.807, 2.05) is 0 Å². The normalized spacial score (nSPS) is 9.27. The molecule has 0 aliphatic carbocycles. The van der Waals surface area contributed by atoms with Crippen LogP contribution in [0.15, 0.2) is 24.3 Å². The van der Waals surface area contributed by atoms with E-state index in [1.54, 1.807) is 12.1 Å². The third-order valence-corrected chi connectivity index (χ3v) is 1.88. The summed E-state index contributed by atoms with van der Waals surface area (Å²) in [5.41, 5.74) is 0.846. The summed E-state index contributed by atoms with van der Waals surface area (Å²) < 4.78 is 0. The van der Waals surface area contributed by atoms with E-state index >= 15 is 0 Å². The maximum Gasteiger partial charge on any atom is 0.271 e. The van der Waals surface area contributed by atoms with Gasteiger partial charge < -0.3 is 5.32 Å². The molecule has 4 nitrogen and oxygen atoms in total. The SMILES string of the molecule is C#CCCCNc1cccc([N+](=O)[O-])c1. The summed E-state index contributed by atoms with van der Waals surface area (Å²) in [5, 5.41) is 13.6. The molecule has 1 N–H and O–H groups in total. The van der Waals surface area contributed by atoms with Crippen LogP contribution in [0.2, 0.25) is 0 Å². The van der Waals surface area contributed by atoms with E-state index in [9.17, 15) is 10.1 Å². The molecule has 0 heterocycles. The summed E-state index contributed by atoms with van der Waals surface area (Å²) in [6, 6.07) is 6.42. The van der Waals surface area contributed by atoms with Crippen LogP contribution in [0, 0.1) is 22.5 Å². The summed E-state index contributed by atoms with van der Waals surface area (Å²) in [6.45, 7) is 0.728. The molecule has 0 atom stereocenters. The Labute approximate surface area is 88.5 Å². The monoisotopic (exact) mass is 204 g/mol. The first kappa shape index (κ1) is 11.1. The van der Waals surface area contributed by atoms with Gasteiger partial charge >= 0.3 is 0 Å². The second-order valence-corrected chi connectivity index (χ2v) is 3.04. The van der Waals surface area contributed by atoms with E-state index < -0.39 is 4.92 Å². The first-order valence-electron chi connectivity index (χ1n) is 4.66. The number of nitro groups is 1. The molecule has 0 spiro atoms. The van der Waals surface area contributed by atoms with E-state index in [2.05, 4.69) is 11.2 Å². The predicted octanol–water partition coefficient (Wildman–Crippen LogP) is 2.42. The first-order valence-corrected chi connectivity index (χ1v) is 4.66. The number of benzene rings is 1. The number of anilines is 1. The third-order valence-electron chi connectivity index (χ3n) is 1.88. The second kappa shape index (κ2) is 5.66. The average Bonchev–Trinajstić information content (AvgIpc) is 2.25. The van der Waals surface area contributed by atoms with E-state index in [0.717, 1.165) is 18.7 Å². The molecule has 0 unspecified atom stereocenters. The van der Waals surface area contributed by atoms with Crippen LogP contribution >= 0.6 is 0 Å². The van der Waals surface area contributed by atoms with Gasteiger partial charge in [-0.3, -0.25) is 10.1 Å². The standard InChI is InChI=1S/C11H12N2O2/c1-2-3-4-8-12-10-6-5-7-11(9-10)13(14)15/h1,5-7,9,12H,3-4,8H2. The molecule has 78 valence electrons. The third kappa shape index (κ3) is 3.69. The summed E-state index contributed by atoms with van der Waals surface area (Å²) >= 11 is 0. The van der Waals surface area contributed by atoms with Crippen LogP contribution in [-0.4, -0.2) is 11.5 Å². The van der Waals surface area contributed by atoms with Crippen molar-refractivity contribution in [3.8, 4) is 12.3 Å². The molecule has 1 aromatic rings. The number of unbranched alkanes of at least 4 members (excludes halogenated alkanes) is 1. The first-order chi connectivity index (χ1) is 7.24. The quantitative estimate of drug-likeness (QED) is 0.347. The topological polar surface area (TPSA) is 55.2 Å². The van der Waals surface area contributed by atoms with Crippen LogP contribution in [0.25, 0.3) is 0 Å². The van der Waals surface area contributed by atoms with E-state index in [0.29, 0.717) is 6.42 Å². The number of hydrogen-bond acceptors (Lipinski definition) is 3. The largest absolute Gasteiger partial charge is 0.385 e. The number of terminal acetylenes is 1. The molecular weight excluding hydrogens is 192 g/mol. The summed E-state index contributed by atoms with van der Waals surface area (Å²) in [7, 11) is 0. The molecule has 0 saturated heterocycles. The lowest BCUT2D eigenvalue weighted by atomic mass is 10.2. The number of hydrogen-bond donors (Lipinski definition) is 1. The van der Waals surface area contributed by atoms with Crippen LogP contribution in [0.5, 0.6) is 0 Å². The molecule has 0 aliphatic heterocycles. The summed E-state index contributed by atoms with van der Waals surface area (Å²) in [5.74, 6) is 2.54. The van der Waals surface area contributed by atoms with Crippen LogP contribution in [0.3, 0.4) is 0 Å². The van der Waals surface area contributed by atoms with Crippen molar-refractivity contribution in [1.82, 2.24) is 0 Å². The maximum absolute atomic E-state index is 10.5. The zero-order valence-corrected chi connectivity index (χ0v) is 8.27. The molecule has 0 fully saturated rings. The smallest absolute Gasteiger partial charge is 0.271 e. The minimum Gasteiger partial charge on any atom is -0.385 e. The van der Waals surface area contributed by atoms with E-state index in [-0.39, 0.29) is 5.69 Å².